The van der Waals surface area contributed by atoms with Gasteiger partial charge in [0.1, 0.15) is 5.56 Å². The molecule has 1 N–H and O–H groups in total. The van der Waals surface area contributed by atoms with Crippen LogP contribution in [-0.4, -0.2) is 41.0 Å². The fraction of sp³-hybridized carbons (Fsp3) is 0.317. The summed E-state index contributed by atoms with van der Waals surface area (Å²) in [5.41, 5.74) is 3.50. The van der Waals surface area contributed by atoms with Crippen LogP contribution in [0.15, 0.2) is 104 Å². The van der Waals surface area contributed by atoms with Crippen molar-refractivity contribution in [3.8, 4) is 5.88 Å². The summed E-state index contributed by atoms with van der Waals surface area (Å²) in [6.45, 7) is 4.86. The minimum Gasteiger partial charge on any atom is -0.494 e. The van der Waals surface area contributed by atoms with Crippen LogP contribution >= 0.6 is 11.8 Å². The van der Waals surface area contributed by atoms with E-state index in [4.69, 9.17) is 4.74 Å². The summed E-state index contributed by atoms with van der Waals surface area (Å²) in [6, 6.07) is 25.6. The van der Waals surface area contributed by atoms with Crippen molar-refractivity contribution in [2.45, 2.75) is 69.5 Å². The van der Waals surface area contributed by atoms with Gasteiger partial charge in [0.2, 0.25) is 5.88 Å². The number of allylic oxidation sites excluding steroid dienone is 3. The molecule has 2 atom stereocenters. The van der Waals surface area contributed by atoms with Crippen LogP contribution in [0.4, 0.5) is 5.69 Å². The van der Waals surface area contributed by atoms with Gasteiger partial charge in [0, 0.05) is 42.6 Å². The number of hydrogen-bond acceptors (Lipinski definition) is 6. The molecule has 0 bridgehead atoms. The molecule has 252 valence electrons. The van der Waals surface area contributed by atoms with E-state index in [2.05, 4.69) is 104 Å². The molecule has 4 aromatic carbocycles. The van der Waals surface area contributed by atoms with Gasteiger partial charge < -0.3 is 14.7 Å². The number of rotatable bonds is 10. The molecule has 2 unspecified atom stereocenters. The Kier molecular flexibility index (Phi) is 9.27. The van der Waals surface area contributed by atoms with Crippen molar-refractivity contribution >= 4 is 44.6 Å². The van der Waals surface area contributed by atoms with E-state index in [0.29, 0.717) is 18.5 Å². The van der Waals surface area contributed by atoms with Crippen LogP contribution < -0.4 is 16.1 Å². The molecule has 5 aromatic rings. The molecule has 2 aliphatic rings. The molecular weight excluding hydrogens is 631 g/mol. The van der Waals surface area contributed by atoms with E-state index >= 15 is 0 Å². The summed E-state index contributed by atoms with van der Waals surface area (Å²) in [7, 11) is 3.66. The molecule has 0 amide bonds. The number of nitrogens with zero attached hydrogens (tertiary/aromatic N) is 3. The number of unbranched alkanes of at least 4 members (excludes halogenated alkanes) is 1. The summed E-state index contributed by atoms with van der Waals surface area (Å²) in [5, 5.41) is 16.7. The number of benzene rings is 4. The number of hydrogen-bond donors (Lipinski definition) is 1. The summed E-state index contributed by atoms with van der Waals surface area (Å²) in [4.78, 5) is 32.7. The third-order valence-electron chi connectivity index (χ3n) is 10.1. The fourth-order valence-corrected chi connectivity index (χ4v) is 8.95. The fourth-order valence-electron chi connectivity index (χ4n) is 7.58. The van der Waals surface area contributed by atoms with Gasteiger partial charge in [-0.25, -0.2) is 4.79 Å². The van der Waals surface area contributed by atoms with Crippen LogP contribution in [0.3, 0.4) is 0 Å². The maximum absolute atomic E-state index is 14.4. The highest BCUT2D eigenvalue weighted by molar-refractivity contribution is 8.03. The number of aromatic nitrogens is 2. The van der Waals surface area contributed by atoms with Gasteiger partial charge >= 0.3 is 5.69 Å². The first kappa shape index (κ1) is 33.0. The Morgan fingerprint density at radius 1 is 0.939 bits per heavy atom. The Morgan fingerprint density at radius 2 is 1.65 bits per heavy atom. The quantitative estimate of drug-likeness (QED) is 0.162. The van der Waals surface area contributed by atoms with E-state index in [1.54, 1.807) is 18.9 Å². The summed E-state index contributed by atoms with van der Waals surface area (Å²) >= 11 is 1.73. The van der Waals surface area contributed by atoms with Crippen LogP contribution in [0.25, 0.3) is 27.1 Å². The molecule has 0 radical (unpaired) electrons. The monoisotopic (exact) mass is 673 g/mol. The lowest BCUT2D eigenvalue weighted by Crippen LogP contribution is -2.42. The van der Waals surface area contributed by atoms with Crippen LogP contribution in [0.2, 0.25) is 0 Å². The van der Waals surface area contributed by atoms with Gasteiger partial charge in [0.05, 0.1) is 19.2 Å². The average molecular weight is 674 g/mol. The number of thioether (sulfide) groups is 1. The van der Waals surface area contributed by atoms with E-state index in [1.807, 2.05) is 6.92 Å². The lowest BCUT2D eigenvalue weighted by atomic mass is 9.90. The predicted molar refractivity (Wildman–Crippen MR) is 202 cm³/mol. The van der Waals surface area contributed by atoms with E-state index in [-0.39, 0.29) is 36.6 Å². The van der Waals surface area contributed by atoms with E-state index in [9.17, 15) is 14.7 Å². The highest BCUT2D eigenvalue weighted by atomic mass is 32.2. The summed E-state index contributed by atoms with van der Waals surface area (Å²) in [6.07, 6.45) is 7.40. The Labute approximate surface area is 291 Å². The molecule has 0 spiro atoms. The number of anilines is 1. The number of fused-ring (bicyclic) bond motifs is 6. The van der Waals surface area contributed by atoms with Gasteiger partial charge in [0.25, 0.3) is 5.56 Å². The second-order valence-electron chi connectivity index (χ2n) is 13.0. The van der Waals surface area contributed by atoms with E-state index < -0.39 is 11.2 Å². The molecular formula is C41H43N3O4S. The Morgan fingerprint density at radius 3 is 2.39 bits per heavy atom. The first-order valence-electron chi connectivity index (χ1n) is 17.3. The zero-order valence-corrected chi connectivity index (χ0v) is 29.4. The van der Waals surface area contributed by atoms with Crippen LogP contribution in [0.1, 0.15) is 55.7 Å². The first-order valence-corrected chi connectivity index (χ1v) is 18.1. The van der Waals surface area contributed by atoms with Crippen molar-refractivity contribution in [2.24, 2.45) is 0 Å². The topological polar surface area (TPSA) is 76.7 Å². The van der Waals surface area contributed by atoms with Crippen molar-refractivity contribution in [1.29, 1.82) is 0 Å². The normalized spacial score (nSPS) is 18.2. The predicted octanol–water partition coefficient (Wildman–Crippen LogP) is 8.10. The summed E-state index contributed by atoms with van der Waals surface area (Å²) in [5.74, 6) is -0.149. The number of aromatic hydroxyl groups is 1. The van der Waals surface area contributed by atoms with Crippen LogP contribution in [0.5, 0.6) is 5.88 Å². The Hall–Kier alpha value is -4.53. The first-order chi connectivity index (χ1) is 23.9. The molecule has 7 rings (SSSR count). The number of ether oxygens (including phenoxy) is 1. The maximum Gasteiger partial charge on any atom is 0.333 e. The van der Waals surface area contributed by atoms with Crippen molar-refractivity contribution in [2.75, 3.05) is 25.7 Å². The minimum absolute atomic E-state index is 0.0791. The second-order valence-corrected chi connectivity index (χ2v) is 14.2. The molecule has 8 heteroatoms. The van der Waals surface area contributed by atoms with Gasteiger partial charge in [-0.3, -0.25) is 13.9 Å². The van der Waals surface area contributed by atoms with Crippen molar-refractivity contribution in [1.82, 2.24) is 9.13 Å². The van der Waals surface area contributed by atoms with Crippen molar-refractivity contribution in [3.05, 3.63) is 127 Å². The molecule has 1 aromatic heterocycles. The highest BCUT2D eigenvalue weighted by Gasteiger charge is 2.32. The SMILES string of the molecule is CCCCn1c(O)c(C(=CC2Cc3ccc4ccccc4c3N2C)C=C2Sc3ccc4ccccc4c3C2CC)c(=O)n(CCOC)c1=O. The van der Waals surface area contributed by atoms with Crippen LogP contribution in [-0.2, 0) is 24.2 Å². The average Bonchev–Trinajstić information content (AvgIpc) is 3.64. The maximum atomic E-state index is 14.4. The lowest BCUT2D eigenvalue weighted by molar-refractivity contribution is 0.183. The molecule has 0 saturated heterocycles. The third kappa shape index (κ3) is 5.81. The Balaban J connectivity index is 1.44. The zero-order valence-electron chi connectivity index (χ0n) is 28.6. The molecule has 0 saturated carbocycles. The van der Waals surface area contributed by atoms with Gasteiger partial charge in [-0.2, -0.15) is 0 Å². The standard InChI is InChI=1S/C41H43N3O4S/c1-5-7-20-43-39(45)36(40(46)44(41(43)47)21-22-48-4)29(24-30-23-28-17-16-27-13-9-11-15-33(27)38(28)42(30)3)25-35-31(6-2)37-32-14-10-8-12-26(32)18-19-34(37)49-35/h8-19,24-25,30-31,45H,5-7,20-23H2,1-4H3. The van der Waals surface area contributed by atoms with Gasteiger partial charge in [-0.15, -0.1) is 0 Å². The van der Waals surface area contributed by atoms with E-state index in [1.165, 1.54) is 52.4 Å². The van der Waals surface area contributed by atoms with Gasteiger partial charge in [-0.05, 0) is 69.2 Å². The zero-order chi connectivity index (χ0) is 34.2. The van der Waals surface area contributed by atoms with Gasteiger partial charge in [0.15, 0.2) is 0 Å². The minimum atomic E-state index is -0.513. The van der Waals surface area contributed by atoms with Crippen molar-refractivity contribution < 1.29 is 9.84 Å². The molecule has 3 heterocycles. The third-order valence-corrected chi connectivity index (χ3v) is 11.3. The largest absolute Gasteiger partial charge is 0.494 e. The molecule has 49 heavy (non-hydrogen) atoms. The number of methoxy groups -OCH3 is 1. The molecule has 0 fully saturated rings. The van der Waals surface area contributed by atoms with Crippen molar-refractivity contribution in [3.63, 3.8) is 0 Å². The molecule has 2 aliphatic heterocycles. The smallest absolute Gasteiger partial charge is 0.333 e. The van der Waals surface area contributed by atoms with Gasteiger partial charge in [-0.1, -0.05) is 105 Å². The highest BCUT2D eigenvalue weighted by Crippen LogP contribution is 2.53. The van der Waals surface area contributed by atoms with Crippen LogP contribution in [0, 0.1) is 0 Å². The Bertz CT molecular complexity index is 2250. The second kappa shape index (κ2) is 13.8. The molecule has 0 aliphatic carbocycles. The number of likely N-dealkylation sites (N-methyl/N-ethyl adjacent to an activating group) is 1. The lowest BCUT2D eigenvalue weighted by Gasteiger charge is -2.23. The summed E-state index contributed by atoms with van der Waals surface area (Å²) < 4.78 is 7.89. The van der Waals surface area contributed by atoms with E-state index in [0.717, 1.165) is 24.2 Å². The molecule has 7 nitrogen and oxygen atoms in total.